The highest BCUT2D eigenvalue weighted by Crippen LogP contribution is 2.32. The van der Waals surface area contributed by atoms with Gasteiger partial charge in [-0.05, 0) is 52.4 Å². The molecular weight excluding hydrogens is 332 g/mol. The van der Waals surface area contributed by atoms with E-state index in [1.165, 1.54) is 0 Å². The Morgan fingerprint density at radius 2 is 2.12 bits per heavy atom. The molecule has 2 aliphatic rings. The van der Waals surface area contributed by atoms with Crippen molar-refractivity contribution in [3.63, 3.8) is 0 Å². The molecule has 8 heteroatoms. The normalized spacial score (nSPS) is 23.3. The maximum atomic E-state index is 13.1. The molecule has 1 atom stereocenters. The lowest BCUT2D eigenvalue weighted by Crippen LogP contribution is -2.49. The summed E-state index contributed by atoms with van der Waals surface area (Å²) in [6.07, 6.45) is 7.17. The van der Waals surface area contributed by atoms with Crippen LogP contribution in [0.5, 0.6) is 0 Å². The average Bonchev–Trinajstić information content (AvgIpc) is 3.29. The molecule has 1 aliphatic heterocycles. The van der Waals surface area contributed by atoms with E-state index in [2.05, 4.69) is 20.5 Å². The number of piperidine rings is 1. The SMILES string of the molecule is CC(C)n1cc([C@]2(O)CCCN(C(=O)c3n[nH]c4c3CCCC4)C2)nn1. The van der Waals surface area contributed by atoms with E-state index in [-0.39, 0.29) is 18.5 Å². The van der Waals surface area contributed by atoms with Crippen LogP contribution in [0.4, 0.5) is 0 Å². The van der Waals surface area contributed by atoms with Crippen molar-refractivity contribution in [1.29, 1.82) is 0 Å². The van der Waals surface area contributed by atoms with E-state index in [0.29, 0.717) is 24.4 Å². The van der Waals surface area contributed by atoms with Crippen LogP contribution in [0.1, 0.15) is 73.0 Å². The number of nitrogens with zero attached hydrogens (tertiary/aromatic N) is 5. The second kappa shape index (κ2) is 6.50. The number of carbonyl (C=O) groups excluding carboxylic acids is 1. The highest BCUT2D eigenvalue weighted by Gasteiger charge is 2.40. The number of hydrogen-bond acceptors (Lipinski definition) is 5. The van der Waals surface area contributed by atoms with Gasteiger partial charge in [0.1, 0.15) is 11.3 Å². The van der Waals surface area contributed by atoms with Crippen molar-refractivity contribution in [3.8, 4) is 0 Å². The molecule has 0 unspecified atom stereocenters. The number of hydrogen-bond donors (Lipinski definition) is 2. The van der Waals surface area contributed by atoms with Gasteiger partial charge in [-0.2, -0.15) is 5.10 Å². The maximum Gasteiger partial charge on any atom is 0.274 e. The zero-order valence-electron chi connectivity index (χ0n) is 15.4. The van der Waals surface area contributed by atoms with Gasteiger partial charge >= 0.3 is 0 Å². The molecule has 1 fully saturated rings. The minimum Gasteiger partial charge on any atom is -0.382 e. The number of amides is 1. The van der Waals surface area contributed by atoms with Gasteiger partial charge in [-0.15, -0.1) is 5.10 Å². The lowest BCUT2D eigenvalue weighted by Gasteiger charge is -2.37. The molecule has 1 saturated heterocycles. The number of β-amino-alcohol motifs (C(OH)–C–C–N with tert-alkyl or cyclic N) is 1. The molecule has 4 rings (SSSR count). The van der Waals surface area contributed by atoms with Gasteiger partial charge in [0.25, 0.3) is 5.91 Å². The summed E-state index contributed by atoms with van der Waals surface area (Å²) < 4.78 is 1.73. The van der Waals surface area contributed by atoms with Gasteiger partial charge in [-0.3, -0.25) is 9.89 Å². The fourth-order valence-electron chi connectivity index (χ4n) is 3.97. The third kappa shape index (κ3) is 2.92. The summed E-state index contributed by atoms with van der Waals surface area (Å²) >= 11 is 0. The predicted octanol–water partition coefficient (Wildman–Crippen LogP) is 1.58. The Kier molecular flexibility index (Phi) is 4.30. The molecule has 2 aromatic heterocycles. The lowest BCUT2D eigenvalue weighted by atomic mass is 9.89. The highest BCUT2D eigenvalue weighted by molar-refractivity contribution is 5.94. The first-order valence-corrected chi connectivity index (χ1v) is 9.48. The smallest absolute Gasteiger partial charge is 0.274 e. The van der Waals surface area contributed by atoms with Crippen molar-refractivity contribution in [3.05, 3.63) is 28.8 Å². The second-order valence-electron chi connectivity index (χ2n) is 7.78. The van der Waals surface area contributed by atoms with E-state index < -0.39 is 5.60 Å². The monoisotopic (exact) mass is 358 g/mol. The molecule has 3 heterocycles. The van der Waals surface area contributed by atoms with Gasteiger partial charge in [0.05, 0.1) is 12.7 Å². The number of carbonyl (C=O) groups is 1. The molecule has 140 valence electrons. The number of likely N-dealkylation sites (tertiary alicyclic amines) is 1. The van der Waals surface area contributed by atoms with Crippen LogP contribution in [0.15, 0.2) is 6.20 Å². The predicted molar refractivity (Wildman–Crippen MR) is 94.7 cm³/mol. The van der Waals surface area contributed by atoms with E-state index >= 15 is 0 Å². The topological polar surface area (TPSA) is 99.9 Å². The molecule has 2 aromatic rings. The standard InChI is InChI=1S/C18H26N6O2/c1-12(2)24-10-15(20-22-24)18(26)8-5-9-23(11-18)17(25)16-13-6-3-4-7-14(13)19-21-16/h10,12,26H,3-9,11H2,1-2H3,(H,19,21)/t18-/m0/s1. The molecule has 0 saturated carbocycles. The van der Waals surface area contributed by atoms with E-state index in [1.54, 1.807) is 15.8 Å². The van der Waals surface area contributed by atoms with Crippen molar-refractivity contribution in [1.82, 2.24) is 30.1 Å². The second-order valence-corrected chi connectivity index (χ2v) is 7.78. The summed E-state index contributed by atoms with van der Waals surface area (Å²) in [5.74, 6) is -0.0984. The summed E-state index contributed by atoms with van der Waals surface area (Å²) in [6, 6.07) is 0.178. The molecule has 0 spiro atoms. The Balaban J connectivity index is 1.56. The summed E-state index contributed by atoms with van der Waals surface area (Å²) in [5, 5.41) is 26.7. The minimum atomic E-state index is -1.16. The number of fused-ring (bicyclic) bond motifs is 1. The molecule has 26 heavy (non-hydrogen) atoms. The molecule has 1 aliphatic carbocycles. The number of aliphatic hydroxyl groups is 1. The van der Waals surface area contributed by atoms with Crippen LogP contribution in [0, 0.1) is 0 Å². The zero-order chi connectivity index (χ0) is 18.3. The molecule has 1 amide bonds. The fraction of sp³-hybridized carbons (Fsp3) is 0.667. The number of aromatic nitrogens is 5. The average molecular weight is 358 g/mol. The first-order chi connectivity index (χ1) is 12.5. The summed E-state index contributed by atoms with van der Waals surface area (Å²) in [4.78, 5) is 14.8. The van der Waals surface area contributed by atoms with Gasteiger partial charge < -0.3 is 10.0 Å². The zero-order valence-corrected chi connectivity index (χ0v) is 15.4. The van der Waals surface area contributed by atoms with Crippen LogP contribution in [0.25, 0.3) is 0 Å². The number of H-pyrrole nitrogens is 1. The van der Waals surface area contributed by atoms with Crippen LogP contribution in [-0.4, -0.2) is 54.2 Å². The number of rotatable bonds is 3. The van der Waals surface area contributed by atoms with E-state index in [9.17, 15) is 9.90 Å². The Morgan fingerprint density at radius 1 is 1.31 bits per heavy atom. The summed E-state index contributed by atoms with van der Waals surface area (Å²) in [7, 11) is 0. The Hall–Kier alpha value is -2.22. The van der Waals surface area contributed by atoms with Crippen molar-refractivity contribution < 1.29 is 9.90 Å². The molecule has 8 nitrogen and oxygen atoms in total. The quantitative estimate of drug-likeness (QED) is 0.868. The molecule has 0 aromatic carbocycles. The van der Waals surface area contributed by atoms with Crippen molar-refractivity contribution in [2.45, 2.75) is 64.0 Å². The van der Waals surface area contributed by atoms with Crippen LogP contribution in [0.2, 0.25) is 0 Å². The van der Waals surface area contributed by atoms with Gasteiger partial charge in [-0.1, -0.05) is 5.21 Å². The van der Waals surface area contributed by atoms with Gasteiger partial charge in [-0.25, -0.2) is 4.68 Å². The van der Waals surface area contributed by atoms with Crippen LogP contribution >= 0.6 is 0 Å². The molecule has 2 N–H and O–H groups in total. The molecule has 0 radical (unpaired) electrons. The van der Waals surface area contributed by atoms with Crippen molar-refractivity contribution in [2.75, 3.05) is 13.1 Å². The van der Waals surface area contributed by atoms with E-state index in [0.717, 1.165) is 43.4 Å². The lowest BCUT2D eigenvalue weighted by molar-refractivity contribution is -0.0322. The number of aryl methyl sites for hydroxylation is 1. The van der Waals surface area contributed by atoms with Crippen molar-refractivity contribution in [2.24, 2.45) is 0 Å². The third-order valence-electron chi connectivity index (χ3n) is 5.53. The number of aromatic amines is 1. The Labute approximate surface area is 152 Å². The Morgan fingerprint density at radius 3 is 2.88 bits per heavy atom. The molecule has 0 bridgehead atoms. The first kappa shape index (κ1) is 17.2. The minimum absolute atomic E-state index is 0.0984. The summed E-state index contributed by atoms with van der Waals surface area (Å²) in [6.45, 7) is 4.88. The largest absolute Gasteiger partial charge is 0.382 e. The first-order valence-electron chi connectivity index (χ1n) is 9.48. The van der Waals surface area contributed by atoms with E-state index in [1.807, 2.05) is 13.8 Å². The van der Waals surface area contributed by atoms with Crippen LogP contribution < -0.4 is 0 Å². The van der Waals surface area contributed by atoms with Gasteiger partial charge in [0.2, 0.25) is 0 Å². The fourth-order valence-corrected chi connectivity index (χ4v) is 3.97. The molecular formula is C18H26N6O2. The van der Waals surface area contributed by atoms with Crippen molar-refractivity contribution >= 4 is 5.91 Å². The van der Waals surface area contributed by atoms with Gasteiger partial charge in [0, 0.05) is 23.8 Å². The Bertz CT molecular complexity index is 810. The highest BCUT2D eigenvalue weighted by atomic mass is 16.3. The summed E-state index contributed by atoms with van der Waals surface area (Å²) in [5.41, 5.74) is 2.05. The van der Waals surface area contributed by atoms with Crippen LogP contribution in [0.3, 0.4) is 0 Å². The van der Waals surface area contributed by atoms with Crippen LogP contribution in [-0.2, 0) is 18.4 Å². The third-order valence-corrected chi connectivity index (χ3v) is 5.53. The number of nitrogens with one attached hydrogen (secondary N) is 1. The maximum absolute atomic E-state index is 13.1. The van der Waals surface area contributed by atoms with Gasteiger partial charge in [0.15, 0.2) is 5.69 Å². The van der Waals surface area contributed by atoms with E-state index in [4.69, 9.17) is 0 Å².